The van der Waals surface area contributed by atoms with E-state index in [0.717, 1.165) is 23.7 Å². The van der Waals surface area contributed by atoms with Gasteiger partial charge in [0.1, 0.15) is 5.56 Å². The molecule has 0 aliphatic heterocycles. The zero-order chi connectivity index (χ0) is 13.8. The molecule has 102 valence electrons. The van der Waals surface area contributed by atoms with Crippen LogP contribution in [0.3, 0.4) is 0 Å². The van der Waals surface area contributed by atoms with Gasteiger partial charge in [-0.25, -0.2) is 9.78 Å². The summed E-state index contributed by atoms with van der Waals surface area (Å²) < 4.78 is 1.59. The van der Waals surface area contributed by atoms with Crippen LogP contribution in [0.1, 0.15) is 26.8 Å². The molecule has 2 heterocycles. The lowest BCUT2D eigenvalue weighted by Gasteiger charge is -2.05. The second kappa shape index (κ2) is 5.94. The Kier molecular flexibility index (Phi) is 4.28. The Hall–Kier alpha value is -1.73. The Labute approximate surface area is 115 Å². The van der Waals surface area contributed by atoms with E-state index in [1.54, 1.807) is 23.1 Å². The maximum Gasteiger partial charge on any atom is 0.339 e. The molecule has 0 spiro atoms. The van der Waals surface area contributed by atoms with Gasteiger partial charge in [-0.2, -0.15) is 5.10 Å². The number of aromatic nitrogens is 3. The molecule has 0 aromatic carbocycles. The first-order chi connectivity index (χ1) is 9.08. The van der Waals surface area contributed by atoms with E-state index < -0.39 is 5.97 Å². The molecule has 6 nitrogen and oxygen atoms in total. The fourth-order valence-corrected chi connectivity index (χ4v) is 2.44. The van der Waals surface area contributed by atoms with Gasteiger partial charge in [0.2, 0.25) is 0 Å². The number of carboxylic acid groups (broad SMARTS) is 1. The third-order valence-corrected chi connectivity index (χ3v) is 3.63. The highest BCUT2D eigenvalue weighted by molar-refractivity contribution is 7.09. The summed E-state index contributed by atoms with van der Waals surface area (Å²) in [4.78, 5) is 15.4. The number of aryl methyl sites for hydroxylation is 2. The largest absolute Gasteiger partial charge is 0.478 e. The van der Waals surface area contributed by atoms with Gasteiger partial charge in [0.25, 0.3) is 0 Å². The van der Waals surface area contributed by atoms with Crippen molar-refractivity contribution in [3.8, 4) is 0 Å². The minimum atomic E-state index is -0.944. The van der Waals surface area contributed by atoms with Crippen LogP contribution in [0.5, 0.6) is 0 Å². The maximum absolute atomic E-state index is 11.0. The van der Waals surface area contributed by atoms with Gasteiger partial charge in [-0.05, 0) is 6.92 Å². The topological polar surface area (TPSA) is 80.0 Å². The van der Waals surface area contributed by atoms with Crippen LogP contribution in [0.15, 0.2) is 11.6 Å². The first-order valence-corrected chi connectivity index (χ1v) is 6.82. The van der Waals surface area contributed by atoms with E-state index in [0.29, 0.717) is 12.2 Å². The van der Waals surface area contributed by atoms with Gasteiger partial charge >= 0.3 is 5.97 Å². The summed E-state index contributed by atoms with van der Waals surface area (Å²) >= 11 is 1.64. The smallest absolute Gasteiger partial charge is 0.339 e. The van der Waals surface area contributed by atoms with Crippen molar-refractivity contribution < 1.29 is 9.90 Å². The predicted molar refractivity (Wildman–Crippen MR) is 72.4 cm³/mol. The molecule has 0 radical (unpaired) electrons. The standard InChI is InChI=1S/C12H16N4O2S/c1-8-15-9(7-19-8)3-4-13-6-11-10(12(17)18)5-14-16(11)2/h5,7,13H,3-4,6H2,1-2H3,(H,17,18). The van der Waals surface area contributed by atoms with Gasteiger partial charge in [-0.3, -0.25) is 4.68 Å². The van der Waals surface area contributed by atoms with Crippen LogP contribution >= 0.6 is 11.3 Å². The molecule has 0 aliphatic rings. The van der Waals surface area contributed by atoms with Crippen LogP contribution in [0.25, 0.3) is 0 Å². The molecule has 2 aromatic heterocycles. The summed E-state index contributed by atoms with van der Waals surface area (Å²) in [5.41, 5.74) is 2.00. The Morgan fingerprint density at radius 1 is 1.58 bits per heavy atom. The monoisotopic (exact) mass is 280 g/mol. The normalized spacial score (nSPS) is 10.8. The molecule has 0 bridgehead atoms. The van der Waals surface area contributed by atoms with Gasteiger partial charge in [0, 0.05) is 31.9 Å². The number of nitrogens with zero attached hydrogens (tertiary/aromatic N) is 3. The van der Waals surface area contributed by atoms with E-state index in [9.17, 15) is 4.79 Å². The Balaban J connectivity index is 1.86. The van der Waals surface area contributed by atoms with Crippen LogP contribution in [0, 0.1) is 6.92 Å². The van der Waals surface area contributed by atoms with Crippen molar-refractivity contribution in [3.63, 3.8) is 0 Å². The third kappa shape index (κ3) is 3.39. The van der Waals surface area contributed by atoms with Crippen molar-refractivity contribution in [1.29, 1.82) is 0 Å². The zero-order valence-corrected chi connectivity index (χ0v) is 11.7. The number of nitrogens with one attached hydrogen (secondary N) is 1. The first-order valence-electron chi connectivity index (χ1n) is 5.94. The number of hydrogen-bond acceptors (Lipinski definition) is 5. The second-order valence-electron chi connectivity index (χ2n) is 4.22. The molecule has 7 heteroatoms. The van der Waals surface area contributed by atoms with Crippen LogP contribution in [-0.2, 0) is 20.0 Å². The summed E-state index contributed by atoms with van der Waals surface area (Å²) in [6.45, 7) is 3.23. The van der Waals surface area contributed by atoms with E-state index in [1.807, 2.05) is 12.3 Å². The first kappa shape index (κ1) is 13.7. The van der Waals surface area contributed by atoms with Crippen LogP contribution in [0.4, 0.5) is 0 Å². The van der Waals surface area contributed by atoms with Gasteiger partial charge in [-0.15, -0.1) is 11.3 Å². The fraction of sp³-hybridized carbons (Fsp3) is 0.417. The molecule has 2 aromatic rings. The van der Waals surface area contributed by atoms with Crippen molar-refractivity contribution in [2.75, 3.05) is 6.54 Å². The Bertz CT molecular complexity index is 576. The molecule has 2 N–H and O–H groups in total. The van der Waals surface area contributed by atoms with Gasteiger partial charge < -0.3 is 10.4 Å². The van der Waals surface area contributed by atoms with E-state index in [-0.39, 0.29) is 5.56 Å². The molecule has 0 unspecified atom stereocenters. The van der Waals surface area contributed by atoms with Crippen molar-refractivity contribution in [3.05, 3.63) is 33.5 Å². The molecular weight excluding hydrogens is 264 g/mol. The predicted octanol–water partition coefficient (Wildman–Crippen LogP) is 1.22. The highest BCUT2D eigenvalue weighted by Gasteiger charge is 2.14. The second-order valence-corrected chi connectivity index (χ2v) is 5.28. The van der Waals surface area contributed by atoms with Gasteiger partial charge in [0.15, 0.2) is 0 Å². The molecule has 2 rings (SSSR count). The number of aromatic carboxylic acids is 1. The molecule has 0 fully saturated rings. The van der Waals surface area contributed by atoms with Crippen LogP contribution < -0.4 is 5.32 Å². The fourth-order valence-electron chi connectivity index (χ4n) is 1.80. The highest BCUT2D eigenvalue weighted by Crippen LogP contribution is 2.09. The molecule has 0 saturated carbocycles. The molecule has 19 heavy (non-hydrogen) atoms. The van der Waals surface area contributed by atoms with E-state index in [4.69, 9.17) is 5.11 Å². The lowest BCUT2D eigenvalue weighted by Crippen LogP contribution is -2.20. The number of rotatable bonds is 6. The van der Waals surface area contributed by atoms with Crippen molar-refractivity contribution in [2.24, 2.45) is 7.05 Å². The van der Waals surface area contributed by atoms with E-state index in [1.165, 1.54) is 6.20 Å². The SMILES string of the molecule is Cc1nc(CCNCc2c(C(=O)O)cnn2C)cs1. The summed E-state index contributed by atoms with van der Waals surface area (Å²) in [6.07, 6.45) is 2.22. The lowest BCUT2D eigenvalue weighted by atomic mass is 10.2. The minimum Gasteiger partial charge on any atom is -0.478 e. The maximum atomic E-state index is 11.0. The zero-order valence-electron chi connectivity index (χ0n) is 10.9. The highest BCUT2D eigenvalue weighted by atomic mass is 32.1. The molecule has 0 amide bonds. The Morgan fingerprint density at radius 3 is 3.00 bits per heavy atom. The number of hydrogen-bond donors (Lipinski definition) is 2. The average Bonchev–Trinajstić information content (AvgIpc) is 2.92. The third-order valence-electron chi connectivity index (χ3n) is 2.81. The summed E-state index contributed by atoms with van der Waals surface area (Å²) in [6, 6.07) is 0. The molecule has 0 saturated heterocycles. The number of carbonyl (C=O) groups is 1. The molecule has 0 atom stereocenters. The van der Waals surface area contributed by atoms with E-state index in [2.05, 4.69) is 15.4 Å². The van der Waals surface area contributed by atoms with Crippen molar-refractivity contribution in [2.45, 2.75) is 19.9 Å². The van der Waals surface area contributed by atoms with Crippen molar-refractivity contribution >= 4 is 17.3 Å². The van der Waals surface area contributed by atoms with Crippen LogP contribution in [-0.4, -0.2) is 32.4 Å². The van der Waals surface area contributed by atoms with E-state index >= 15 is 0 Å². The average molecular weight is 280 g/mol. The Morgan fingerprint density at radius 2 is 2.37 bits per heavy atom. The quantitative estimate of drug-likeness (QED) is 0.778. The summed E-state index contributed by atoms with van der Waals surface area (Å²) in [7, 11) is 1.74. The van der Waals surface area contributed by atoms with Crippen LogP contribution in [0.2, 0.25) is 0 Å². The molecular formula is C12H16N4O2S. The minimum absolute atomic E-state index is 0.250. The van der Waals surface area contributed by atoms with Gasteiger partial charge in [-0.1, -0.05) is 0 Å². The number of thiazole rings is 1. The van der Waals surface area contributed by atoms with Gasteiger partial charge in [0.05, 0.1) is 22.6 Å². The van der Waals surface area contributed by atoms with Crippen molar-refractivity contribution in [1.82, 2.24) is 20.1 Å². The number of carboxylic acids is 1. The molecule has 0 aliphatic carbocycles. The summed E-state index contributed by atoms with van der Waals surface area (Å²) in [5, 5.41) is 19.3. The summed E-state index contributed by atoms with van der Waals surface area (Å²) in [5.74, 6) is -0.944. The lowest BCUT2D eigenvalue weighted by molar-refractivity contribution is 0.0695.